The molecular weight excluding hydrogens is 314 g/mol. The topological polar surface area (TPSA) is 114 Å². The van der Waals surface area contributed by atoms with Gasteiger partial charge in [-0.3, -0.25) is 19.8 Å². The van der Waals surface area contributed by atoms with Crippen LogP contribution in [0.3, 0.4) is 0 Å². The summed E-state index contributed by atoms with van der Waals surface area (Å²) >= 11 is 0. The van der Waals surface area contributed by atoms with Crippen molar-refractivity contribution in [2.75, 3.05) is 18.4 Å². The number of carbonyl (C=O) groups is 1. The zero-order valence-electron chi connectivity index (χ0n) is 13.9. The SMILES string of the molecule is Cc1nn(C)c(NC2CC(N(CC(=O)O)CC3CC3)C2)c1[N+](=O)[O-]. The second kappa shape index (κ2) is 6.39. The molecule has 2 N–H and O–H groups in total. The first-order chi connectivity index (χ1) is 11.3. The molecule has 9 nitrogen and oxygen atoms in total. The van der Waals surface area contributed by atoms with Gasteiger partial charge >= 0.3 is 11.7 Å². The third-order valence-electron chi connectivity index (χ3n) is 4.87. The van der Waals surface area contributed by atoms with E-state index >= 15 is 0 Å². The Labute approximate surface area is 139 Å². The van der Waals surface area contributed by atoms with Crippen molar-refractivity contribution in [1.82, 2.24) is 14.7 Å². The van der Waals surface area contributed by atoms with Gasteiger partial charge in [-0.15, -0.1) is 0 Å². The summed E-state index contributed by atoms with van der Waals surface area (Å²) in [5.74, 6) is 0.259. The summed E-state index contributed by atoms with van der Waals surface area (Å²) in [6.45, 7) is 2.53. The molecule has 24 heavy (non-hydrogen) atoms. The highest BCUT2D eigenvalue weighted by Crippen LogP contribution is 2.36. The molecule has 9 heteroatoms. The quantitative estimate of drug-likeness (QED) is 0.544. The van der Waals surface area contributed by atoms with Gasteiger partial charge in [0.1, 0.15) is 5.69 Å². The van der Waals surface area contributed by atoms with Crippen molar-refractivity contribution < 1.29 is 14.8 Å². The number of hydrogen-bond acceptors (Lipinski definition) is 6. The number of aromatic nitrogens is 2. The predicted octanol–water partition coefficient (Wildman–Crippen LogP) is 1.38. The molecule has 0 atom stereocenters. The van der Waals surface area contributed by atoms with Gasteiger partial charge in [0.2, 0.25) is 5.82 Å². The Morgan fingerprint density at radius 3 is 2.71 bits per heavy atom. The number of anilines is 1. The standard InChI is InChI=1S/C15H23N5O4/c1-9-14(20(23)24)15(18(2)17-9)16-11-5-12(6-11)19(8-13(21)22)7-10-3-4-10/h10-12,16H,3-8H2,1-2H3,(H,21,22). The minimum atomic E-state index is -0.801. The summed E-state index contributed by atoms with van der Waals surface area (Å²) in [4.78, 5) is 23.9. The molecule has 132 valence electrons. The summed E-state index contributed by atoms with van der Waals surface area (Å²) < 4.78 is 1.50. The van der Waals surface area contributed by atoms with Crippen LogP contribution in [0.15, 0.2) is 0 Å². The highest BCUT2D eigenvalue weighted by Gasteiger charge is 2.38. The van der Waals surface area contributed by atoms with Crippen LogP contribution in [0.25, 0.3) is 0 Å². The maximum atomic E-state index is 11.2. The molecule has 1 aromatic rings. The maximum absolute atomic E-state index is 11.2. The van der Waals surface area contributed by atoms with E-state index in [1.807, 2.05) is 4.90 Å². The fraction of sp³-hybridized carbons (Fsp3) is 0.733. The van der Waals surface area contributed by atoms with E-state index in [9.17, 15) is 14.9 Å². The largest absolute Gasteiger partial charge is 0.480 e. The van der Waals surface area contributed by atoms with Crippen LogP contribution in [-0.4, -0.2) is 55.9 Å². The third-order valence-corrected chi connectivity index (χ3v) is 4.87. The number of aliphatic carboxylic acids is 1. The summed E-state index contributed by atoms with van der Waals surface area (Å²) in [6.07, 6.45) is 3.96. The molecule has 2 aliphatic rings. The van der Waals surface area contributed by atoms with Crippen LogP contribution in [0.1, 0.15) is 31.4 Å². The predicted molar refractivity (Wildman–Crippen MR) is 87.0 cm³/mol. The van der Waals surface area contributed by atoms with Crippen molar-refractivity contribution in [2.45, 2.75) is 44.7 Å². The lowest BCUT2D eigenvalue weighted by atomic mass is 9.85. The van der Waals surface area contributed by atoms with E-state index in [4.69, 9.17) is 5.11 Å². The van der Waals surface area contributed by atoms with Crippen LogP contribution >= 0.6 is 0 Å². The van der Waals surface area contributed by atoms with Gasteiger partial charge < -0.3 is 10.4 Å². The first kappa shape index (κ1) is 16.7. The average molecular weight is 337 g/mol. The summed E-state index contributed by atoms with van der Waals surface area (Å²) in [6, 6.07) is 0.339. The maximum Gasteiger partial charge on any atom is 0.333 e. The number of carboxylic acid groups (broad SMARTS) is 1. The van der Waals surface area contributed by atoms with Crippen molar-refractivity contribution in [2.24, 2.45) is 13.0 Å². The molecule has 0 aliphatic heterocycles. The van der Waals surface area contributed by atoms with Crippen molar-refractivity contribution in [3.63, 3.8) is 0 Å². The number of rotatable bonds is 8. The van der Waals surface area contributed by atoms with Gasteiger partial charge in [-0.1, -0.05) is 0 Å². The number of nitro groups is 1. The van der Waals surface area contributed by atoms with Gasteiger partial charge in [0.25, 0.3) is 0 Å². The fourth-order valence-corrected chi connectivity index (χ4v) is 3.37. The van der Waals surface area contributed by atoms with Gasteiger partial charge in [0, 0.05) is 25.7 Å². The lowest BCUT2D eigenvalue weighted by Gasteiger charge is -2.42. The van der Waals surface area contributed by atoms with Crippen LogP contribution < -0.4 is 5.32 Å². The number of nitrogens with one attached hydrogen (secondary N) is 1. The number of hydrogen-bond donors (Lipinski definition) is 2. The highest BCUT2D eigenvalue weighted by atomic mass is 16.6. The Morgan fingerprint density at radius 1 is 1.50 bits per heavy atom. The van der Waals surface area contributed by atoms with Crippen LogP contribution in [0.4, 0.5) is 11.5 Å². The second-order valence-electron chi connectivity index (χ2n) is 6.90. The van der Waals surface area contributed by atoms with E-state index in [0.717, 1.165) is 19.4 Å². The minimum absolute atomic E-state index is 0.0151. The second-order valence-corrected chi connectivity index (χ2v) is 6.90. The number of nitrogens with zero attached hydrogens (tertiary/aromatic N) is 4. The zero-order chi connectivity index (χ0) is 17.4. The van der Waals surface area contributed by atoms with Crippen molar-refractivity contribution in [1.29, 1.82) is 0 Å². The Bertz CT molecular complexity index is 649. The molecule has 2 fully saturated rings. The van der Waals surface area contributed by atoms with Crippen LogP contribution in [0, 0.1) is 23.0 Å². The molecule has 0 saturated heterocycles. The number of aryl methyl sites for hydroxylation is 2. The molecule has 1 aromatic heterocycles. The van der Waals surface area contributed by atoms with Gasteiger partial charge in [-0.2, -0.15) is 5.10 Å². The minimum Gasteiger partial charge on any atom is -0.480 e. The lowest BCUT2D eigenvalue weighted by Crippen LogP contribution is -2.52. The van der Waals surface area contributed by atoms with Crippen LogP contribution in [0.2, 0.25) is 0 Å². The van der Waals surface area contributed by atoms with Crippen molar-refractivity contribution in [3.8, 4) is 0 Å². The molecule has 1 heterocycles. The Hall–Kier alpha value is -2.16. The van der Waals surface area contributed by atoms with E-state index in [1.54, 1.807) is 14.0 Å². The monoisotopic (exact) mass is 337 g/mol. The van der Waals surface area contributed by atoms with Gasteiger partial charge in [-0.05, 0) is 38.5 Å². The van der Waals surface area contributed by atoms with E-state index in [2.05, 4.69) is 10.4 Å². The fourth-order valence-electron chi connectivity index (χ4n) is 3.37. The van der Waals surface area contributed by atoms with Crippen molar-refractivity contribution >= 4 is 17.5 Å². The van der Waals surface area contributed by atoms with Crippen LogP contribution in [0.5, 0.6) is 0 Å². The van der Waals surface area contributed by atoms with Gasteiger partial charge in [0.15, 0.2) is 0 Å². The smallest absolute Gasteiger partial charge is 0.333 e. The Morgan fingerprint density at radius 2 is 2.17 bits per heavy atom. The molecule has 0 spiro atoms. The van der Waals surface area contributed by atoms with Crippen molar-refractivity contribution in [3.05, 3.63) is 15.8 Å². The third kappa shape index (κ3) is 3.50. The first-order valence-corrected chi connectivity index (χ1v) is 8.25. The molecule has 2 aliphatic carbocycles. The average Bonchev–Trinajstić information content (AvgIpc) is 3.17. The summed E-state index contributed by atoms with van der Waals surface area (Å²) in [7, 11) is 1.68. The molecule has 0 bridgehead atoms. The molecular formula is C15H23N5O4. The van der Waals surface area contributed by atoms with E-state index in [-0.39, 0.29) is 24.3 Å². The Balaban J connectivity index is 1.60. The highest BCUT2D eigenvalue weighted by molar-refractivity contribution is 5.69. The molecule has 3 rings (SSSR count). The van der Waals surface area contributed by atoms with E-state index < -0.39 is 10.9 Å². The summed E-state index contributed by atoms with van der Waals surface area (Å²) in [5.41, 5.74) is 0.406. The lowest BCUT2D eigenvalue weighted by molar-refractivity contribution is -0.384. The van der Waals surface area contributed by atoms with E-state index in [0.29, 0.717) is 17.4 Å². The zero-order valence-corrected chi connectivity index (χ0v) is 13.9. The van der Waals surface area contributed by atoms with E-state index in [1.165, 1.54) is 17.5 Å². The molecule has 2 saturated carbocycles. The van der Waals surface area contributed by atoms with Gasteiger partial charge in [0.05, 0.1) is 11.5 Å². The normalized spacial score (nSPS) is 23.1. The van der Waals surface area contributed by atoms with Crippen LogP contribution in [-0.2, 0) is 11.8 Å². The first-order valence-electron chi connectivity index (χ1n) is 8.25. The molecule has 0 amide bonds. The molecule has 0 radical (unpaired) electrons. The Kier molecular flexibility index (Phi) is 4.44. The molecule has 0 unspecified atom stereocenters. The van der Waals surface area contributed by atoms with Gasteiger partial charge in [-0.25, -0.2) is 4.68 Å². The molecule has 0 aromatic carbocycles. The number of carboxylic acids is 1. The summed E-state index contributed by atoms with van der Waals surface area (Å²) in [5, 5.41) is 27.6.